The van der Waals surface area contributed by atoms with Crippen LogP contribution in [-0.4, -0.2) is 31.0 Å². The van der Waals surface area contributed by atoms with E-state index in [1.165, 1.54) is 5.56 Å². The van der Waals surface area contributed by atoms with E-state index in [1.807, 2.05) is 6.07 Å². The third-order valence-corrected chi connectivity index (χ3v) is 3.79. The molecule has 1 heterocycles. The summed E-state index contributed by atoms with van der Waals surface area (Å²) in [7, 11) is 0. The highest BCUT2D eigenvalue weighted by Gasteiger charge is 2.19. The van der Waals surface area contributed by atoms with E-state index >= 15 is 0 Å². The van der Waals surface area contributed by atoms with E-state index in [4.69, 9.17) is 16.3 Å². The molecule has 1 aliphatic heterocycles. The van der Waals surface area contributed by atoms with Crippen molar-refractivity contribution < 1.29 is 23.8 Å². The highest BCUT2D eigenvalue weighted by atomic mass is 79.9. The molecular weight excluding hydrogens is 440 g/mol. The van der Waals surface area contributed by atoms with Gasteiger partial charge in [0, 0.05) is 4.47 Å². The Kier molecular flexibility index (Phi) is 9.73. The van der Waals surface area contributed by atoms with Crippen LogP contribution in [0.4, 0.5) is 9.59 Å². The average molecular weight is 464 g/mol. The minimum absolute atomic E-state index is 0.289. The van der Waals surface area contributed by atoms with Crippen molar-refractivity contribution in [2.75, 3.05) is 6.61 Å². The summed E-state index contributed by atoms with van der Waals surface area (Å²) in [4.78, 5) is 21.5. The molecule has 27 heavy (non-hydrogen) atoms. The van der Waals surface area contributed by atoms with Crippen LogP contribution in [0, 0.1) is 5.92 Å². The molecule has 0 aromatic heterocycles. The SMILES string of the molecule is CC(C)OC(=O)N=NC(=O)OC(C)C.CC1COc2c(Cl)cc(Br)cc2C1. The largest absolute Gasteiger partial charge is 0.491 e. The van der Waals surface area contributed by atoms with E-state index in [9.17, 15) is 9.59 Å². The molecule has 0 spiro atoms. The fourth-order valence-corrected chi connectivity index (χ4v) is 3.05. The molecule has 0 saturated heterocycles. The van der Waals surface area contributed by atoms with E-state index in [0.29, 0.717) is 10.9 Å². The number of amides is 2. The maximum atomic E-state index is 10.8. The van der Waals surface area contributed by atoms with Crippen molar-refractivity contribution in [2.24, 2.45) is 16.1 Å². The van der Waals surface area contributed by atoms with Crippen molar-refractivity contribution in [2.45, 2.75) is 53.2 Å². The van der Waals surface area contributed by atoms with Gasteiger partial charge in [-0.05, 0) is 57.7 Å². The molecule has 9 heteroatoms. The monoisotopic (exact) mass is 462 g/mol. The maximum absolute atomic E-state index is 10.8. The molecule has 150 valence electrons. The summed E-state index contributed by atoms with van der Waals surface area (Å²) in [6, 6.07) is 3.95. The van der Waals surface area contributed by atoms with E-state index < -0.39 is 12.2 Å². The van der Waals surface area contributed by atoms with Gasteiger partial charge in [-0.3, -0.25) is 0 Å². The number of nitrogens with zero attached hydrogens (tertiary/aromatic N) is 2. The molecule has 0 saturated carbocycles. The first-order valence-corrected chi connectivity index (χ1v) is 9.69. The maximum Gasteiger partial charge on any atom is 0.452 e. The Morgan fingerprint density at radius 3 is 2.15 bits per heavy atom. The van der Waals surface area contributed by atoms with E-state index in [0.717, 1.165) is 23.2 Å². The van der Waals surface area contributed by atoms with Gasteiger partial charge in [0.2, 0.25) is 0 Å². The van der Waals surface area contributed by atoms with Crippen LogP contribution in [0.2, 0.25) is 5.02 Å². The summed E-state index contributed by atoms with van der Waals surface area (Å²) in [5, 5.41) is 6.72. The zero-order chi connectivity index (χ0) is 20.6. The summed E-state index contributed by atoms with van der Waals surface area (Å²) in [6.45, 7) is 9.62. The van der Waals surface area contributed by atoms with Crippen molar-refractivity contribution in [3.8, 4) is 5.75 Å². The Balaban J connectivity index is 0.000000270. The zero-order valence-corrected chi connectivity index (χ0v) is 18.3. The van der Waals surface area contributed by atoms with Gasteiger partial charge in [0.1, 0.15) is 5.75 Å². The number of carbonyl (C=O) groups is 2. The molecule has 0 bridgehead atoms. The average Bonchev–Trinajstić information content (AvgIpc) is 2.51. The van der Waals surface area contributed by atoms with Gasteiger partial charge in [-0.1, -0.05) is 44.7 Å². The van der Waals surface area contributed by atoms with Gasteiger partial charge < -0.3 is 14.2 Å². The third kappa shape index (κ3) is 9.19. The van der Waals surface area contributed by atoms with Gasteiger partial charge in [0.05, 0.1) is 23.8 Å². The minimum Gasteiger partial charge on any atom is -0.491 e. The normalized spacial score (nSPS) is 15.7. The highest BCUT2D eigenvalue weighted by Crippen LogP contribution is 2.36. The Bertz CT molecular complexity index is 671. The Hall–Kier alpha value is -1.67. The number of benzene rings is 1. The van der Waals surface area contributed by atoms with Crippen molar-refractivity contribution >= 4 is 39.7 Å². The molecule has 1 atom stereocenters. The minimum atomic E-state index is -0.902. The van der Waals surface area contributed by atoms with Crippen LogP contribution in [0.3, 0.4) is 0 Å². The number of hydrogen-bond acceptors (Lipinski definition) is 5. The van der Waals surface area contributed by atoms with Crippen LogP contribution in [0.25, 0.3) is 0 Å². The van der Waals surface area contributed by atoms with Crippen LogP contribution < -0.4 is 4.74 Å². The van der Waals surface area contributed by atoms with Crippen molar-refractivity contribution in [3.05, 3.63) is 27.2 Å². The van der Waals surface area contributed by atoms with Crippen LogP contribution in [0.5, 0.6) is 5.75 Å². The van der Waals surface area contributed by atoms with Gasteiger partial charge in [-0.25, -0.2) is 9.59 Å². The van der Waals surface area contributed by atoms with E-state index in [1.54, 1.807) is 27.7 Å². The second-order valence-electron chi connectivity index (χ2n) is 6.56. The summed E-state index contributed by atoms with van der Waals surface area (Å²) in [5.41, 5.74) is 1.21. The van der Waals surface area contributed by atoms with Gasteiger partial charge >= 0.3 is 12.2 Å². The second-order valence-corrected chi connectivity index (χ2v) is 7.88. The fourth-order valence-electron chi connectivity index (χ4n) is 2.12. The Labute approximate surface area is 172 Å². The van der Waals surface area contributed by atoms with E-state index in [2.05, 4.69) is 48.6 Å². The van der Waals surface area contributed by atoms with Gasteiger partial charge in [0.25, 0.3) is 0 Å². The number of halogens is 2. The first kappa shape index (κ1) is 23.4. The topological polar surface area (TPSA) is 86.6 Å². The molecule has 2 amide bonds. The van der Waals surface area contributed by atoms with Crippen molar-refractivity contribution in [1.82, 2.24) is 0 Å². The number of ether oxygens (including phenoxy) is 3. The molecule has 0 aliphatic carbocycles. The lowest BCUT2D eigenvalue weighted by atomic mass is 9.99. The molecular formula is C18H24BrClN2O5. The quantitative estimate of drug-likeness (QED) is 0.487. The molecule has 0 fully saturated rings. The van der Waals surface area contributed by atoms with Gasteiger partial charge in [0.15, 0.2) is 0 Å². The molecule has 0 radical (unpaired) electrons. The predicted octanol–water partition coefficient (Wildman–Crippen LogP) is 6.20. The molecule has 7 nitrogen and oxygen atoms in total. The van der Waals surface area contributed by atoms with E-state index in [-0.39, 0.29) is 12.2 Å². The number of fused-ring (bicyclic) bond motifs is 1. The smallest absolute Gasteiger partial charge is 0.452 e. The molecule has 0 N–H and O–H groups in total. The van der Waals surface area contributed by atoms with Crippen molar-refractivity contribution in [1.29, 1.82) is 0 Å². The predicted molar refractivity (Wildman–Crippen MR) is 106 cm³/mol. The van der Waals surface area contributed by atoms with Crippen LogP contribution in [0.15, 0.2) is 26.8 Å². The number of carbonyl (C=O) groups excluding carboxylic acids is 2. The fraction of sp³-hybridized carbons (Fsp3) is 0.556. The molecule has 1 unspecified atom stereocenters. The summed E-state index contributed by atoms with van der Waals surface area (Å²) in [6.07, 6.45) is -1.33. The van der Waals surface area contributed by atoms with Gasteiger partial charge in [-0.2, -0.15) is 0 Å². The standard InChI is InChI=1S/C10H10BrClO.C8H14N2O4/c1-6-2-7-3-8(11)4-9(12)10(7)13-5-6;1-5(2)13-7(11)9-10-8(12)14-6(3)4/h3-4,6H,2,5H2,1H3;5-6H,1-4H3. The van der Waals surface area contributed by atoms with Crippen molar-refractivity contribution in [3.63, 3.8) is 0 Å². The summed E-state index contributed by atoms with van der Waals surface area (Å²) >= 11 is 9.46. The molecule has 1 aliphatic rings. The number of hydrogen-bond donors (Lipinski definition) is 0. The van der Waals surface area contributed by atoms with Crippen LogP contribution in [0.1, 0.15) is 40.2 Å². The van der Waals surface area contributed by atoms with Crippen LogP contribution >= 0.6 is 27.5 Å². The molecule has 1 aromatic rings. The summed E-state index contributed by atoms with van der Waals surface area (Å²) in [5.74, 6) is 1.45. The van der Waals surface area contributed by atoms with Gasteiger partial charge in [-0.15, -0.1) is 0 Å². The first-order valence-electron chi connectivity index (χ1n) is 8.52. The van der Waals surface area contributed by atoms with Crippen LogP contribution in [-0.2, 0) is 15.9 Å². The Morgan fingerprint density at radius 1 is 1.15 bits per heavy atom. The lowest BCUT2D eigenvalue weighted by Gasteiger charge is -2.23. The lowest BCUT2D eigenvalue weighted by Crippen LogP contribution is -2.18. The lowest BCUT2D eigenvalue weighted by molar-refractivity contribution is 0.115. The molecule has 2 rings (SSSR count). The zero-order valence-electron chi connectivity index (χ0n) is 16.0. The number of rotatable bonds is 2. The Morgan fingerprint density at radius 2 is 1.67 bits per heavy atom. The summed E-state index contributed by atoms with van der Waals surface area (Å²) < 4.78 is 15.8. The second kappa shape index (κ2) is 11.2. The highest BCUT2D eigenvalue weighted by molar-refractivity contribution is 9.10. The molecule has 1 aromatic carbocycles. The number of azo groups is 1. The first-order chi connectivity index (χ1) is 12.6. The third-order valence-electron chi connectivity index (χ3n) is 3.05.